The summed E-state index contributed by atoms with van der Waals surface area (Å²) in [6.45, 7) is 5.27. The predicted molar refractivity (Wildman–Crippen MR) is 86.6 cm³/mol. The van der Waals surface area contributed by atoms with Crippen LogP contribution in [0.2, 0.25) is 0 Å². The fraction of sp³-hybridized carbons (Fsp3) is 0.812. The van der Waals surface area contributed by atoms with Gasteiger partial charge in [0, 0.05) is 39.0 Å². The summed E-state index contributed by atoms with van der Waals surface area (Å²) in [5.41, 5.74) is 0. The molecular formula is C16H25N5O2. The molecule has 3 aliphatic rings. The molecule has 0 atom stereocenters. The molecule has 126 valence electrons. The monoisotopic (exact) mass is 319 g/mol. The maximum Gasteiger partial charge on any atom is 0.247 e. The van der Waals surface area contributed by atoms with E-state index in [9.17, 15) is 0 Å². The number of ether oxygens (including phenoxy) is 2. The van der Waals surface area contributed by atoms with Gasteiger partial charge in [-0.3, -0.25) is 0 Å². The van der Waals surface area contributed by atoms with E-state index in [1.54, 1.807) is 6.20 Å². The topological polar surface area (TPSA) is 63.6 Å². The molecule has 0 unspecified atom stereocenters. The van der Waals surface area contributed by atoms with Gasteiger partial charge in [-0.2, -0.15) is 10.1 Å². The van der Waals surface area contributed by atoms with Crippen LogP contribution < -0.4 is 9.80 Å². The molecule has 0 aromatic carbocycles. The lowest BCUT2D eigenvalue weighted by atomic mass is 10.0. The highest BCUT2D eigenvalue weighted by molar-refractivity contribution is 5.42. The fourth-order valence-corrected chi connectivity index (χ4v) is 3.71. The molecule has 3 fully saturated rings. The van der Waals surface area contributed by atoms with Crippen LogP contribution in [0.1, 0.15) is 38.5 Å². The molecule has 0 aliphatic carbocycles. The lowest BCUT2D eigenvalue weighted by Gasteiger charge is -2.37. The van der Waals surface area contributed by atoms with Crippen molar-refractivity contribution in [3.05, 3.63) is 6.20 Å². The Hall–Kier alpha value is -1.47. The van der Waals surface area contributed by atoms with E-state index in [1.165, 1.54) is 25.7 Å². The quantitative estimate of drug-likeness (QED) is 0.820. The van der Waals surface area contributed by atoms with Gasteiger partial charge in [0.15, 0.2) is 11.6 Å². The molecule has 23 heavy (non-hydrogen) atoms. The Kier molecular flexibility index (Phi) is 4.31. The minimum absolute atomic E-state index is 0.355. The van der Waals surface area contributed by atoms with Crippen molar-refractivity contribution < 1.29 is 9.47 Å². The highest BCUT2D eigenvalue weighted by atomic mass is 16.7. The average molecular weight is 319 g/mol. The van der Waals surface area contributed by atoms with Crippen LogP contribution in [-0.2, 0) is 9.47 Å². The number of aromatic nitrogens is 3. The maximum atomic E-state index is 5.78. The van der Waals surface area contributed by atoms with Crippen molar-refractivity contribution in [1.82, 2.24) is 15.2 Å². The van der Waals surface area contributed by atoms with E-state index in [0.717, 1.165) is 50.8 Å². The van der Waals surface area contributed by atoms with Crippen molar-refractivity contribution in [1.29, 1.82) is 0 Å². The van der Waals surface area contributed by atoms with Gasteiger partial charge in [-0.25, -0.2) is 0 Å². The largest absolute Gasteiger partial charge is 0.355 e. The van der Waals surface area contributed by atoms with Crippen LogP contribution in [0.25, 0.3) is 0 Å². The van der Waals surface area contributed by atoms with Crippen molar-refractivity contribution in [2.45, 2.75) is 44.3 Å². The molecule has 0 amide bonds. The normalized spacial score (nSPS) is 24.9. The maximum absolute atomic E-state index is 5.78. The molecular weight excluding hydrogens is 294 g/mol. The average Bonchev–Trinajstić information content (AvgIpc) is 2.88. The van der Waals surface area contributed by atoms with Crippen LogP contribution in [0.4, 0.5) is 11.8 Å². The Morgan fingerprint density at radius 2 is 1.57 bits per heavy atom. The van der Waals surface area contributed by atoms with Gasteiger partial charge in [-0.05, 0) is 12.8 Å². The molecule has 0 radical (unpaired) electrons. The first kappa shape index (κ1) is 15.1. The SMILES string of the molecule is c1nnc(N2CCC3(CC2)OCCO3)nc1N1CCCCCC1. The van der Waals surface area contributed by atoms with E-state index in [2.05, 4.69) is 20.0 Å². The zero-order valence-corrected chi connectivity index (χ0v) is 13.6. The molecule has 1 aromatic heterocycles. The Morgan fingerprint density at radius 3 is 2.26 bits per heavy atom. The third-order valence-corrected chi connectivity index (χ3v) is 5.09. The summed E-state index contributed by atoms with van der Waals surface area (Å²) in [4.78, 5) is 9.32. The summed E-state index contributed by atoms with van der Waals surface area (Å²) in [6.07, 6.45) is 8.63. The molecule has 0 bridgehead atoms. The minimum Gasteiger partial charge on any atom is -0.355 e. The van der Waals surface area contributed by atoms with Gasteiger partial charge >= 0.3 is 0 Å². The van der Waals surface area contributed by atoms with Crippen molar-refractivity contribution in [2.24, 2.45) is 0 Å². The number of nitrogens with zero attached hydrogens (tertiary/aromatic N) is 5. The molecule has 1 spiro atoms. The van der Waals surface area contributed by atoms with Gasteiger partial charge < -0.3 is 19.3 Å². The van der Waals surface area contributed by atoms with Gasteiger partial charge in [0.05, 0.1) is 19.4 Å². The molecule has 3 saturated heterocycles. The zero-order chi connectivity index (χ0) is 15.5. The van der Waals surface area contributed by atoms with Gasteiger partial charge in [0.2, 0.25) is 5.95 Å². The molecule has 7 heteroatoms. The molecule has 4 heterocycles. The summed E-state index contributed by atoms with van der Waals surface area (Å²) in [6, 6.07) is 0. The van der Waals surface area contributed by atoms with Crippen LogP contribution in [-0.4, -0.2) is 60.4 Å². The number of rotatable bonds is 2. The van der Waals surface area contributed by atoms with Crippen molar-refractivity contribution >= 4 is 11.8 Å². The van der Waals surface area contributed by atoms with Crippen LogP contribution in [0.5, 0.6) is 0 Å². The molecule has 0 saturated carbocycles. The van der Waals surface area contributed by atoms with Crippen molar-refractivity contribution in [3.8, 4) is 0 Å². The first-order valence-electron chi connectivity index (χ1n) is 8.82. The van der Waals surface area contributed by atoms with Crippen LogP contribution >= 0.6 is 0 Å². The summed E-state index contributed by atoms with van der Waals surface area (Å²) >= 11 is 0. The fourth-order valence-electron chi connectivity index (χ4n) is 3.71. The summed E-state index contributed by atoms with van der Waals surface area (Å²) in [5, 5.41) is 8.45. The van der Waals surface area contributed by atoms with Crippen LogP contribution in [0, 0.1) is 0 Å². The Morgan fingerprint density at radius 1 is 0.870 bits per heavy atom. The molecule has 1 aromatic rings. The first-order chi connectivity index (χ1) is 11.3. The standard InChI is InChI=1S/C16H25N5O2/c1-2-4-8-20(7-3-1)14-13-17-19-15(18-14)21-9-5-16(6-10-21)22-11-12-23-16/h13H,1-12H2. The Balaban J connectivity index is 1.44. The zero-order valence-electron chi connectivity index (χ0n) is 13.6. The van der Waals surface area contributed by atoms with E-state index in [4.69, 9.17) is 14.5 Å². The van der Waals surface area contributed by atoms with Gasteiger partial charge in [0.25, 0.3) is 0 Å². The smallest absolute Gasteiger partial charge is 0.247 e. The highest BCUT2D eigenvalue weighted by Crippen LogP contribution is 2.32. The van der Waals surface area contributed by atoms with Gasteiger partial charge in [-0.1, -0.05) is 12.8 Å². The third-order valence-electron chi connectivity index (χ3n) is 5.09. The minimum atomic E-state index is -0.355. The Labute approximate surface area is 137 Å². The first-order valence-corrected chi connectivity index (χ1v) is 8.82. The van der Waals surface area contributed by atoms with Gasteiger partial charge in [0.1, 0.15) is 0 Å². The molecule has 3 aliphatic heterocycles. The number of hydrogen-bond acceptors (Lipinski definition) is 7. The number of hydrogen-bond donors (Lipinski definition) is 0. The van der Waals surface area contributed by atoms with Crippen molar-refractivity contribution in [2.75, 3.05) is 49.2 Å². The second-order valence-corrected chi connectivity index (χ2v) is 6.61. The molecule has 0 N–H and O–H groups in total. The van der Waals surface area contributed by atoms with Crippen LogP contribution in [0.3, 0.4) is 0 Å². The van der Waals surface area contributed by atoms with E-state index in [1.807, 2.05) is 0 Å². The van der Waals surface area contributed by atoms with E-state index in [0.29, 0.717) is 13.2 Å². The number of piperidine rings is 1. The predicted octanol–water partition coefficient (Wildman–Crippen LogP) is 1.60. The second kappa shape index (κ2) is 6.57. The third kappa shape index (κ3) is 3.26. The lowest BCUT2D eigenvalue weighted by molar-refractivity contribution is -0.169. The van der Waals surface area contributed by atoms with E-state index in [-0.39, 0.29) is 5.79 Å². The Bertz CT molecular complexity index is 517. The molecule has 4 rings (SSSR count). The second-order valence-electron chi connectivity index (χ2n) is 6.61. The van der Waals surface area contributed by atoms with Crippen LogP contribution in [0.15, 0.2) is 6.20 Å². The summed E-state index contributed by atoms with van der Waals surface area (Å²) < 4.78 is 11.6. The lowest BCUT2D eigenvalue weighted by Crippen LogP contribution is -2.45. The molecule has 7 nitrogen and oxygen atoms in total. The van der Waals surface area contributed by atoms with E-state index >= 15 is 0 Å². The van der Waals surface area contributed by atoms with Crippen molar-refractivity contribution in [3.63, 3.8) is 0 Å². The summed E-state index contributed by atoms with van der Waals surface area (Å²) in [5.74, 6) is 1.34. The van der Waals surface area contributed by atoms with E-state index < -0.39 is 0 Å². The highest BCUT2D eigenvalue weighted by Gasteiger charge is 2.40. The summed E-state index contributed by atoms with van der Waals surface area (Å²) in [7, 11) is 0. The van der Waals surface area contributed by atoms with Gasteiger partial charge in [-0.15, -0.1) is 5.10 Å². The number of anilines is 2.